The molecule has 90 valence electrons. The molecule has 1 amide bonds. The van der Waals surface area contributed by atoms with Gasteiger partial charge in [0, 0.05) is 42.0 Å². The Labute approximate surface area is 103 Å². The van der Waals surface area contributed by atoms with Crippen LogP contribution in [0.15, 0.2) is 0 Å². The van der Waals surface area contributed by atoms with Crippen molar-refractivity contribution in [3.63, 3.8) is 0 Å². The fourth-order valence-electron chi connectivity index (χ4n) is 2.00. The SMILES string of the molecule is O=C(O)C1CC(=O)N(CC2CSCCS2)C1. The number of carboxylic acids is 1. The van der Waals surface area contributed by atoms with Crippen LogP contribution in [0.1, 0.15) is 6.42 Å². The molecule has 2 rings (SSSR count). The number of carbonyl (C=O) groups excluding carboxylic acids is 1. The van der Waals surface area contributed by atoms with Crippen molar-refractivity contribution in [1.29, 1.82) is 0 Å². The highest BCUT2D eigenvalue weighted by atomic mass is 32.2. The maximum atomic E-state index is 11.6. The molecule has 0 saturated carbocycles. The zero-order valence-electron chi connectivity index (χ0n) is 8.92. The molecule has 6 heteroatoms. The zero-order chi connectivity index (χ0) is 11.5. The molecule has 0 bridgehead atoms. The normalized spacial score (nSPS) is 30.8. The van der Waals surface area contributed by atoms with Gasteiger partial charge in [0.25, 0.3) is 0 Å². The molecule has 0 aliphatic carbocycles. The average Bonchev–Trinajstić information content (AvgIpc) is 2.62. The molecule has 0 aromatic rings. The first-order valence-electron chi connectivity index (χ1n) is 5.36. The summed E-state index contributed by atoms with van der Waals surface area (Å²) in [4.78, 5) is 24.1. The van der Waals surface area contributed by atoms with Crippen LogP contribution in [0.25, 0.3) is 0 Å². The van der Waals surface area contributed by atoms with E-state index >= 15 is 0 Å². The fourth-order valence-corrected chi connectivity index (χ4v) is 4.69. The highest BCUT2D eigenvalue weighted by molar-refractivity contribution is 8.06. The lowest BCUT2D eigenvalue weighted by Gasteiger charge is -2.26. The van der Waals surface area contributed by atoms with Crippen molar-refractivity contribution in [1.82, 2.24) is 4.90 Å². The lowest BCUT2D eigenvalue weighted by molar-refractivity contribution is -0.141. The van der Waals surface area contributed by atoms with Gasteiger partial charge in [0.1, 0.15) is 0 Å². The van der Waals surface area contributed by atoms with Gasteiger partial charge in [-0.2, -0.15) is 23.5 Å². The van der Waals surface area contributed by atoms with Crippen molar-refractivity contribution < 1.29 is 14.7 Å². The molecule has 1 N–H and O–H groups in total. The predicted molar refractivity (Wildman–Crippen MR) is 65.9 cm³/mol. The van der Waals surface area contributed by atoms with Crippen LogP contribution < -0.4 is 0 Å². The molecule has 2 aliphatic rings. The third-order valence-corrected chi connectivity index (χ3v) is 5.70. The van der Waals surface area contributed by atoms with Crippen molar-refractivity contribution in [3.05, 3.63) is 0 Å². The molecule has 2 heterocycles. The first kappa shape index (κ1) is 12.1. The monoisotopic (exact) mass is 261 g/mol. The number of hydrogen-bond donors (Lipinski definition) is 1. The third-order valence-electron chi connectivity index (χ3n) is 2.87. The minimum atomic E-state index is -0.846. The van der Waals surface area contributed by atoms with E-state index in [1.807, 2.05) is 23.5 Å². The lowest BCUT2D eigenvalue weighted by atomic mass is 10.1. The van der Waals surface area contributed by atoms with E-state index in [-0.39, 0.29) is 12.3 Å². The van der Waals surface area contributed by atoms with Crippen LogP contribution in [0, 0.1) is 5.92 Å². The Hall–Kier alpha value is -0.360. The van der Waals surface area contributed by atoms with E-state index in [1.54, 1.807) is 4.90 Å². The Bertz CT molecular complexity index is 292. The van der Waals surface area contributed by atoms with E-state index in [4.69, 9.17) is 5.11 Å². The Morgan fingerprint density at radius 1 is 1.50 bits per heavy atom. The van der Waals surface area contributed by atoms with Gasteiger partial charge < -0.3 is 10.0 Å². The minimum absolute atomic E-state index is 0.00331. The molecule has 16 heavy (non-hydrogen) atoms. The number of rotatable bonds is 3. The topological polar surface area (TPSA) is 57.6 Å². The molecule has 0 radical (unpaired) electrons. The minimum Gasteiger partial charge on any atom is -0.481 e. The number of carbonyl (C=O) groups is 2. The molecule has 0 spiro atoms. The second-order valence-electron chi connectivity index (χ2n) is 4.11. The van der Waals surface area contributed by atoms with Crippen molar-refractivity contribution in [3.8, 4) is 0 Å². The Kier molecular flexibility index (Phi) is 4.02. The summed E-state index contributed by atoms with van der Waals surface area (Å²) >= 11 is 3.82. The van der Waals surface area contributed by atoms with E-state index in [0.717, 1.165) is 18.1 Å². The molecule has 2 fully saturated rings. The van der Waals surface area contributed by atoms with Crippen LogP contribution in [0.4, 0.5) is 0 Å². The third kappa shape index (κ3) is 2.85. The van der Waals surface area contributed by atoms with E-state index in [9.17, 15) is 9.59 Å². The van der Waals surface area contributed by atoms with Gasteiger partial charge in [-0.1, -0.05) is 0 Å². The van der Waals surface area contributed by atoms with Crippen LogP contribution in [0.5, 0.6) is 0 Å². The van der Waals surface area contributed by atoms with Gasteiger partial charge in [0.05, 0.1) is 5.92 Å². The molecule has 0 aromatic heterocycles. The number of likely N-dealkylation sites (tertiary alicyclic amines) is 1. The number of hydrogen-bond acceptors (Lipinski definition) is 4. The summed E-state index contributed by atoms with van der Waals surface area (Å²) in [5, 5.41) is 9.35. The predicted octanol–water partition coefficient (Wildman–Crippen LogP) is 0.768. The molecular weight excluding hydrogens is 246 g/mol. The summed E-state index contributed by atoms with van der Waals surface area (Å²) in [6.07, 6.45) is 0.180. The number of nitrogens with zero attached hydrogens (tertiary/aromatic N) is 1. The van der Waals surface area contributed by atoms with Crippen LogP contribution >= 0.6 is 23.5 Å². The maximum Gasteiger partial charge on any atom is 0.308 e. The first-order valence-corrected chi connectivity index (χ1v) is 7.57. The zero-order valence-corrected chi connectivity index (χ0v) is 10.6. The van der Waals surface area contributed by atoms with Gasteiger partial charge in [-0.05, 0) is 0 Å². The van der Waals surface area contributed by atoms with Gasteiger partial charge >= 0.3 is 5.97 Å². The van der Waals surface area contributed by atoms with E-state index in [2.05, 4.69) is 0 Å². The maximum absolute atomic E-state index is 11.6. The summed E-state index contributed by atoms with van der Waals surface area (Å²) in [6, 6.07) is 0. The van der Waals surface area contributed by atoms with Crippen molar-refractivity contribution in [2.45, 2.75) is 11.7 Å². The lowest BCUT2D eigenvalue weighted by Crippen LogP contribution is -2.35. The van der Waals surface area contributed by atoms with Gasteiger partial charge in [0.15, 0.2) is 0 Å². The largest absolute Gasteiger partial charge is 0.481 e. The summed E-state index contributed by atoms with van der Waals surface area (Å²) in [6.45, 7) is 1.12. The summed E-state index contributed by atoms with van der Waals surface area (Å²) in [5.74, 6) is 2.07. The molecule has 2 aliphatic heterocycles. The second kappa shape index (κ2) is 5.31. The van der Waals surface area contributed by atoms with Crippen LogP contribution in [-0.4, -0.2) is 57.5 Å². The molecule has 0 aromatic carbocycles. The van der Waals surface area contributed by atoms with E-state index in [1.165, 1.54) is 5.75 Å². The average molecular weight is 261 g/mol. The van der Waals surface area contributed by atoms with Crippen LogP contribution in [-0.2, 0) is 9.59 Å². The summed E-state index contributed by atoms with van der Waals surface area (Å²) < 4.78 is 0. The highest BCUT2D eigenvalue weighted by Crippen LogP contribution is 2.27. The number of aliphatic carboxylic acids is 1. The smallest absolute Gasteiger partial charge is 0.308 e. The fraction of sp³-hybridized carbons (Fsp3) is 0.800. The molecule has 2 atom stereocenters. The van der Waals surface area contributed by atoms with Gasteiger partial charge in [-0.3, -0.25) is 9.59 Å². The van der Waals surface area contributed by atoms with Gasteiger partial charge in [-0.15, -0.1) is 0 Å². The summed E-state index contributed by atoms with van der Waals surface area (Å²) in [5.41, 5.74) is 0. The van der Waals surface area contributed by atoms with E-state index < -0.39 is 11.9 Å². The molecule has 4 nitrogen and oxygen atoms in total. The van der Waals surface area contributed by atoms with Crippen molar-refractivity contribution in [2.24, 2.45) is 5.92 Å². The molecular formula is C10H15NO3S2. The summed E-state index contributed by atoms with van der Waals surface area (Å²) in [7, 11) is 0. The highest BCUT2D eigenvalue weighted by Gasteiger charge is 2.35. The number of carboxylic acid groups (broad SMARTS) is 1. The Balaban J connectivity index is 1.85. The van der Waals surface area contributed by atoms with Crippen molar-refractivity contribution >= 4 is 35.4 Å². The Morgan fingerprint density at radius 2 is 2.31 bits per heavy atom. The number of thioether (sulfide) groups is 2. The molecule has 2 saturated heterocycles. The second-order valence-corrected chi connectivity index (χ2v) is 6.66. The quantitative estimate of drug-likeness (QED) is 0.813. The van der Waals surface area contributed by atoms with Gasteiger partial charge in [0.2, 0.25) is 5.91 Å². The Morgan fingerprint density at radius 3 is 2.88 bits per heavy atom. The van der Waals surface area contributed by atoms with Gasteiger partial charge in [-0.25, -0.2) is 0 Å². The first-order chi connectivity index (χ1) is 7.66. The van der Waals surface area contributed by atoms with Crippen LogP contribution in [0.2, 0.25) is 0 Å². The standard InChI is InChI=1S/C10H15NO3S2/c12-9-3-7(10(13)14)4-11(9)5-8-6-15-1-2-16-8/h7-8H,1-6H2,(H,13,14). The van der Waals surface area contributed by atoms with E-state index in [0.29, 0.717) is 11.8 Å². The van der Waals surface area contributed by atoms with Crippen molar-refractivity contribution in [2.75, 3.05) is 30.3 Å². The number of amides is 1. The van der Waals surface area contributed by atoms with Crippen LogP contribution in [0.3, 0.4) is 0 Å². The molecule has 2 unspecified atom stereocenters.